The zero-order valence-corrected chi connectivity index (χ0v) is 11.3. The number of nitrogens with one attached hydrogen (secondary N) is 1. The van der Waals surface area contributed by atoms with Crippen LogP contribution in [-0.4, -0.2) is 29.1 Å². The van der Waals surface area contributed by atoms with Crippen LogP contribution in [0.4, 0.5) is 0 Å². The summed E-state index contributed by atoms with van der Waals surface area (Å²) in [5, 5.41) is 11.6. The van der Waals surface area contributed by atoms with E-state index in [0.29, 0.717) is 12.8 Å². The summed E-state index contributed by atoms with van der Waals surface area (Å²) in [5.41, 5.74) is 6.95. The zero-order valence-electron chi connectivity index (χ0n) is 11.3. The molecule has 2 rings (SSSR count). The van der Waals surface area contributed by atoms with E-state index >= 15 is 0 Å². The average molecular weight is 276 g/mol. The predicted octanol–water partition coefficient (Wildman–Crippen LogP) is 0.926. The van der Waals surface area contributed by atoms with Crippen LogP contribution in [0.5, 0.6) is 0 Å². The molecule has 0 aromatic heterocycles. The fourth-order valence-corrected chi connectivity index (χ4v) is 2.17. The van der Waals surface area contributed by atoms with Gasteiger partial charge in [-0.2, -0.15) is 0 Å². The summed E-state index contributed by atoms with van der Waals surface area (Å²) in [6.45, 7) is 0. The van der Waals surface area contributed by atoms with E-state index in [4.69, 9.17) is 10.8 Å². The summed E-state index contributed by atoms with van der Waals surface area (Å²) in [4.78, 5) is 23.0. The van der Waals surface area contributed by atoms with Gasteiger partial charge in [0.05, 0.1) is 6.04 Å². The van der Waals surface area contributed by atoms with Crippen molar-refractivity contribution in [2.45, 2.75) is 37.8 Å². The summed E-state index contributed by atoms with van der Waals surface area (Å²) in [6, 6.07) is 8.32. The van der Waals surface area contributed by atoms with Crippen LogP contribution >= 0.6 is 0 Å². The van der Waals surface area contributed by atoms with E-state index in [2.05, 4.69) is 5.32 Å². The van der Waals surface area contributed by atoms with Crippen molar-refractivity contribution >= 4 is 11.9 Å². The first-order chi connectivity index (χ1) is 9.58. The largest absolute Gasteiger partial charge is 0.480 e. The number of carboxylic acids is 1. The number of carbonyl (C=O) groups excluding carboxylic acids is 1. The van der Waals surface area contributed by atoms with Crippen LogP contribution in [-0.2, 0) is 16.0 Å². The lowest BCUT2D eigenvalue weighted by molar-refractivity contribution is -0.142. The Morgan fingerprint density at radius 1 is 1.30 bits per heavy atom. The van der Waals surface area contributed by atoms with Crippen LogP contribution in [0.1, 0.15) is 24.8 Å². The van der Waals surface area contributed by atoms with Gasteiger partial charge in [-0.3, -0.25) is 4.79 Å². The van der Waals surface area contributed by atoms with Crippen LogP contribution in [0.3, 0.4) is 0 Å². The predicted molar refractivity (Wildman–Crippen MR) is 75.0 cm³/mol. The van der Waals surface area contributed by atoms with Crippen molar-refractivity contribution in [2.24, 2.45) is 11.7 Å². The lowest BCUT2D eigenvalue weighted by Crippen LogP contribution is -2.49. The molecular formula is C15H20N2O3. The van der Waals surface area contributed by atoms with E-state index in [-0.39, 0.29) is 11.8 Å². The lowest BCUT2D eigenvalue weighted by atomic mass is 10.0. The van der Waals surface area contributed by atoms with Gasteiger partial charge in [0.2, 0.25) is 5.91 Å². The molecule has 0 radical (unpaired) electrons. The maximum absolute atomic E-state index is 11.9. The number of benzene rings is 1. The van der Waals surface area contributed by atoms with E-state index in [1.54, 1.807) is 0 Å². The number of carboxylic acid groups (broad SMARTS) is 1. The topological polar surface area (TPSA) is 92.4 Å². The number of amides is 1. The number of nitrogens with two attached hydrogens (primary N) is 1. The first-order valence-electron chi connectivity index (χ1n) is 6.90. The molecule has 1 aliphatic carbocycles. The van der Waals surface area contributed by atoms with Gasteiger partial charge in [-0.15, -0.1) is 0 Å². The van der Waals surface area contributed by atoms with E-state index in [1.807, 2.05) is 30.3 Å². The van der Waals surface area contributed by atoms with Gasteiger partial charge in [-0.1, -0.05) is 30.3 Å². The van der Waals surface area contributed by atoms with Gasteiger partial charge in [-0.05, 0) is 37.2 Å². The summed E-state index contributed by atoms with van der Waals surface area (Å²) in [5.74, 6) is -1.28. The molecule has 1 amide bonds. The Hall–Kier alpha value is -1.88. The van der Waals surface area contributed by atoms with Crippen molar-refractivity contribution in [1.29, 1.82) is 0 Å². The quantitative estimate of drug-likeness (QED) is 0.690. The minimum atomic E-state index is -0.976. The second-order valence-corrected chi connectivity index (χ2v) is 5.29. The standard InChI is InChI=1S/C15H20N2O3/c16-12(9-6-10-4-2-1-3-5-10)14(18)17-13(15(19)20)11-7-8-11/h1-5,11-13H,6-9,16H2,(H,17,18)(H,19,20)/t12-,13?/m0/s1. The third kappa shape index (κ3) is 4.06. The molecule has 108 valence electrons. The maximum atomic E-state index is 11.9. The molecule has 2 atom stereocenters. The molecule has 0 heterocycles. The van der Waals surface area contributed by atoms with Gasteiger partial charge >= 0.3 is 5.97 Å². The minimum absolute atomic E-state index is 0.0674. The van der Waals surface area contributed by atoms with Crippen molar-refractivity contribution in [2.75, 3.05) is 0 Å². The van der Waals surface area contributed by atoms with Gasteiger partial charge in [-0.25, -0.2) is 4.79 Å². The molecule has 1 fully saturated rings. The summed E-state index contributed by atoms with van der Waals surface area (Å²) < 4.78 is 0. The molecule has 0 bridgehead atoms. The molecule has 20 heavy (non-hydrogen) atoms. The molecule has 5 nitrogen and oxygen atoms in total. The Bertz CT molecular complexity index is 471. The summed E-state index contributed by atoms with van der Waals surface area (Å²) >= 11 is 0. The third-order valence-electron chi connectivity index (χ3n) is 3.58. The highest BCUT2D eigenvalue weighted by Crippen LogP contribution is 2.32. The van der Waals surface area contributed by atoms with Gasteiger partial charge in [0.15, 0.2) is 0 Å². The molecular weight excluding hydrogens is 256 g/mol. The molecule has 1 aliphatic rings. The Kier molecular flexibility index (Phi) is 4.74. The van der Waals surface area contributed by atoms with E-state index in [9.17, 15) is 9.59 Å². The van der Waals surface area contributed by atoms with Crippen molar-refractivity contribution in [3.05, 3.63) is 35.9 Å². The molecule has 1 unspecified atom stereocenters. The van der Waals surface area contributed by atoms with Crippen molar-refractivity contribution in [3.63, 3.8) is 0 Å². The van der Waals surface area contributed by atoms with Crippen LogP contribution in [0.2, 0.25) is 0 Å². The fourth-order valence-electron chi connectivity index (χ4n) is 2.17. The van der Waals surface area contributed by atoms with E-state index < -0.39 is 18.1 Å². The Balaban J connectivity index is 1.81. The van der Waals surface area contributed by atoms with E-state index in [1.165, 1.54) is 0 Å². The lowest BCUT2D eigenvalue weighted by Gasteiger charge is -2.17. The second kappa shape index (κ2) is 6.52. The third-order valence-corrected chi connectivity index (χ3v) is 3.58. The molecule has 1 aromatic carbocycles. The number of rotatable bonds is 7. The maximum Gasteiger partial charge on any atom is 0.326 e. The van der Waals surface area contributed by atoms with Crippen LogP contribution < -0.4 is 11.1 Å². The monoisotopic (exact) mass is 276 g/mol. The van der Waals surface area contributed by atoms with Crippen LogP contribution in [0.25, 0.3) is 0 Å². The summed E-state index contributed by atoms with van der Waals surface area (Å²) in [7, 11) is 0. The van der Waals surface area contributed by atoms with Crippen molar-refractivity contribution in [3.8, 4) is 0 Å². The Morgan fingerprint density at radius 3 is 2.50 bits per heavy atom. The van der Waals surface area contributed by atoms with Gasteiger partial charge in [0, 0.05) is 0 Å². The molecule has 1 saturated carbocycles. The number of aliphatic carboxylic acids is 1. The Labute approximate surface area is 118 Å². The van der Waals surface area contributed by atoms with Gasteiger partial charge in [0.1, 0.15) is 6.04 Å². The highest BCUT2D eigenvalue weighted by Gasteiger charge is 2.37. The van der Waals surface area contributed by atoms with Gasteiger partial charge in [0.25, 0.3) is 0 Å². The minimum Gasteiger partial charge on any atom is -0.480 e. The van der Waals surface area contributed by atoms with Crippen LogP contribution in [0.15, 0.2) is 30.3 Å². The number of carbonyl (C=O) groups is 2. The molecule has 5 heteroatoms. The normalized spacial score (nSPS) is 17.2. The highest BCUT2D eigenvalue weighted by atomic mass is 16.4. The zero-order chi connectivity index (χ0) is 14.5. The fraction of sp³-hybridized carbons (Fsp3) is 0.467. The second-order valence-electron chi connectivity index (χ2n) is 5.29. The first kappa shape index (κ1) is 14.5. The molecule has 0 saturated heterocycles. The van der Waals surface area contributed by atoms with Gasteiger partial charge < -0.3 is 16.2 Å². The van der Waals surface area contributed by atoms with Crippen molar-refractivity contribution < 1.29 is 14.7 Å². The smallest absolute Gasteiger partial charge is 0.326 e. The van der Waals surface area contributed by atoms with Crippen molar-refractivity contribution in [1.82, 2.24) is 5.32 Å². The average Bonchev–Trinajstić information content (AvgIpc) is 3.27. The highest BCUT2D eigenvalue weighted by molar-refractivity contribution is 5.87. The SMILES string of the molecule is N[C@@H](CCc1ccccc1)C(=O)NC(C(=O)O)C1CC1. The first-order valence-corrected chi connectivity index (χ1v) is 6.90. The Morgan fingerprint density at radius 2 is 1.95 bits per heavy atom. The molecule has 1 aromatic rings. The van der Waals surface area contributed by atoms with E-state index in [0.717, 1.165) is 18.4 Å². The number of hydrogen-bond donors (Lipinski definition) is 3. The van der Waals surface area contributed by atoms with Crippen LogP contribution in [0, 0.1) is 5.92 Å². The molecule has 4 N–H and O–H groups in total. The molecule has 0 aliphatic heterocycles. The number of hydrogen-bond acceptors (Lipinski definition) is 3. The molecule has 0 spiro atoms. The summed E-state index contributed by atoms with van der Waals surface area (Å²) in [6.07, 6.45) is 2.93. The number of aryl methyl sites for hydroxylation is 1.